The number of hydrogen-bond donors (Lipinski definition) is 1. The molecule has 6 heteroatoms. The number of hydrogen-bond acceptors (Lipinski definition) is 4. The fourth-order valence-electron chi connectivity index (χ4n) is 2.92. The zero-order chi connectivity index (χ0) is 19.9. The fraction of sp³-hybridized carbons (Fsp3) is 0.227. The molecule has 144 valence electrons. The number of amides is 1. The molecule has 0 saturated carbocycles. The first-order chi connectivity index (χ1) is 13.6. The van der Waals surface area contributed by atoms with Crippen molar-refractivity contribution in [1.82, 2.24) is 9.97 Å². The van der Waals surface area contributed by atoms with Crippen LogP contribution in [0.25, 0.3) is 0 Å². The Kier molecular flexibility index (Phi) is 6.61. The first kappa shape index (κ1) is 19.8. The van der Waals surface area contributed by atoms with Gasteiger partial charge in [0.1, 0.15) is 5.69 Å². The molecule has 3 rings (SSSR count). The number of halogens is 1. The molecule has 0 atom stereocenters. The van der Waals surface area contributed by atoms with Crippen LogP contribution in [0.2, 0.25) is 5.02 Å². The standard InChI is InChI=1S/C22H23ClN4O/c1-3-27(19-7-5-4-6-8-19)21(28)20-15-16(2)25-22(26-20)24-14-13-17-9-11-18(23)12-10-17/h4-12,15H,3,13-14H2,1-2H3,(H,24,25,26). The Balaban J connectivity index is 1.71. The van der Waals surface area contributed by atoms with Crippen LogP contribution in [-0.4, -0.2) is 29.0 Å². The maximum atomic E-state index is 13.0. The highest BCUT2D eigenvalue weighted by Gasteiger charge is 2.18. The Hall–Kier alpha value is -2.92. The number of rotatable bonds is 7. The molecule has 5 nitrogen and oxygen atoms in total. The van der Waals surface area contributed by atoms with Gasteiger partial charge in [-0.15, -0.1) is 0 Å². The Labute approximate surface area is 170 Å². The second kappa shape index (κ2) is 9.33. The van der Waals surface area contributed by atoms with Gasteiger partial charge >= 0.3 is 0 Å². The van der Waals surface area contributed by atoms with Crippen LogP contribution in [0.3, 0.4) is 0 Å². The topological polar surface area (TPSA) is 58.1 Å². The third kappa shape index (κ3) is 5.08. The van der Waals surface area contributed by atoms with E-state index in [4.69, 9.17) is 11.6 Å². The average molecular weight is 395 g/mol. The molecule has 0 aliphatic heterocycles. The van der Waals surface area contributed by atoms with E-state index in [9.17, 15) is 4.79 Å². The number of para-hydroxylation sites is 1. The maximum absolute atomic E-state index is 13.0. The van der Waals surface area contributed by atoms with Crippen molar-refractivity contribution in [1.29, 1.82) is 0 Å². The maximum Gasteiger partial charge on any atom is 0.277 e. The van der Waals surface area contributed by atoms with Crippen molar-refractivity contribution in [3.8, 4) is 0 Å². The van der Waals surface area contributed by atoms with Crippen molar-refractivity contribution in [2.45, 2.75) is 20.3 Å². The average Bonchev–Trinajstić information content (AvgIpc) is 2.70. The number of benzene rings is 2. The van der Waals surface area contributed by atoms with Crippen molar-refractivity contribution in [2.75, 3.05) is 23.3 Å². The van der Waals surface area contributed by atoms with Gasteiger partial charge in [-0.25, -0.2) is 9.97 Å². The van der Waals surface area contributed by atoms with Crippen molar-refractivity contribution >= 4 is 29.1 Å². The molecule has 1 heterocycles. The van der Waals surface area contributed by atoms with E-state index in [2.05, 4.69) is 15.3 Å². The number of aryl methyl sites for hydroxylation is 1. The number of anilines is 2. The van der Waals surface area contributed by atoms with Crippen LogP contribution in [0.15, 0.2) is 60.7 Å². The molecular formula is C22H23ClN4O. The molecule has 3 aromatic rings. The van der Waals surface area contributed by atoms with Gasteiger partial charge in [0.2, 0.25) is 5.95 Å². The Bertz CT molecular complexity index is 929. The third-order valence-corrected chi connectivity index (χ3v) is 4.56. The third-order valence-electron chi connectivity index (χ3n) is 4.31. The summed E-state index contributed by atoms with van der Waals surface area (Å²) in [6.07, 6.45) is 0.808. The first-order valence-electron chi connectivity index (χ1n) is 9.27. The molecule has 0 unspecified atom stereocenters. The zero-order valence-corrected chi connectivity index (χ0v) is 16.8. The quantitative estimate of drug-likeness (QED) is 0.627. The number of nitrogens with one attached hydrogen (secondary N) is 1. The molecule has 0 radical (unpaired) electrons. The molecule has 0 fully saturated rings. The van der Waals surface area contributed by atoms with E-state index < -0.39 is 0 Å². The van der Waals surface area contributed by atoms with E-state index in [1.54, 1.807) is 11.0 Å². The molecule has 28 heavy (non-hydrogen) atoms. The molecule has 0 aliphatic rings. The van der Waals surface area contributed by atoms with Crippen LogP contribution < -0.4 is 10.2 Å². The minimum absolute atomic E-state index is 0.139. The Morgan fingerprint density at radius 3 is 2.46 bits per heavy atom. The normalized spacial score (nSPS) is 10.5. The van der Waals surface area contributed by atoms with Crippen molar-refractivity contribution in [2.24, 2.45) is 0 Å². The van der Waals surface area contributed by atoms with Gasteiger partial charge in [0.15, 0.2) is 0 Å². The minimum Gasteiger partial charge on any atom is -0.354 e. The lowest BCUT2D eigenvalue weighted by atomic mass is 10.1. The summed E-state index contributed by atoms with van der Waals surface area (Å²) >= 11 is 5.92. The molecule has 1 amide bonds. The van der Waals surface area contributed by atoms with E-state index >= 15 is 0 Å². The van der Waals surface area contributed by atoms with E-state index in [1.807, 2.05) is 68.4 Å². The van der Waals surface area contributed by atoms with Crippen LogP contribution in [0.4, 0.5) is 11.6 Å². The van der Waals surface area contributed by atoms with Crippen molar-refractivity contribution in [3.05, 3.63) is 82.6 Å². The predicted molar refractivity (Wildman–Crippen MR) is 114 cm³/mol. The van der Waals surface area contributed by atoms with Crippen molar-refractivity contribution < 1.29 is 4.79 Å². The summed E-state index contributed by atoms with van der Waals surface area (Å²) in [5.41, 5.74) is 3.15. The summed E-state index contributed by atoms with van der Waals surface area (Å²) in [5.74, 6) is 0.321. The van der Waals surface area contributed by atoms with Crippen molar-refractivity contribution in [3.63, 3.8) is 0 Å². The number of carbonyl (C=O) groups excluding carboxylic acids is 1. The van der Waals surface area contributed by atoms with E-state index in [0.717, 1.165) is 22.8 Å². The minimum atomic E-state index is -0.139. The number of carbonyl (C=O) groups is 1. The smallest absolute Gasteiger partial charge is 0.277 e. The highest BCUT2D eigenvalue weighted by atomic mass is 35.5. The zero-order valence-electron chi connectivity index (χ0n) is 16.0. The summed E-state index contributed by atoms with van der Waals surface area (Å²) in [7, 11) is 0. The Morgan fingerprint density at radius 1 is 1.07 bits per heavy atom. The summed E-state index contributed by atoms with van der Waals surface area (Å²) in [6.45, 7) is 5.03. The van der Waals surface area contributed by atoms with Crippen LogP contribution in [0, 0.1) is 6.92 Å². The van der Waals surface area contributed by atoms with Crippen LogP contribution >= 0.6 is 11.6 Å². The predicted octanol–water partition coefficient (Wildman–Crippen LogP) is 4.76. The van der Waals surface area contributed by atoms with Crippen LogP contribution in [0.1, 0.15) is 28.7 Å². The summed E-state index contributed by atoms with van der Waals surface area (Å²) < 4.78 is 0. The number of aromatic nitrogens is 2. The lowest BCUT2D eigenvalue weighted by Crippen LogP contribution is -2.31. The highest BCUT2D eigenvalue weighted by molar-refractivity contribution is 6.30. The van der Waals surface area contributed by atoms with Crippen LogP contribution in [-0.2, 0) is 6.42 Å². The van der Waals surface area contributed by atoms with Crippen LogP contribution in [0.5, 0.6) is 0 Å². The highest BCUT2D eigenvalue weighted by Crippen LogP contribution is 2.17. The summed E-state index contributed by atoms with van der Waals surface area (Å²) in [4.78, 5) is 23.6. The van der Waals surface area contributed by atoms with Gasteiger partial charge in [0, 0.05) is 29.5 Å². The fourth-order valence-corrected chi connectivity index (χ4v) is 3.04. The summed E-state index contributed by atoms with van der Waals surface area (Å²) in [5, 5.41) is 3.94. The molecule has 1 aromatic heterocycles. The Morgan fingerprint density at radius 2 is 1.79 bits per heavy atom. The molecule has 1 N–H and O–H groups in total. The van der Waals surface area contributed by atoms with Gasteiger partial charge in [0.25, 0.3) is 5.91 Å². The molecule has 2 aromatic carbocycles. The number of nitrogens with zero attached hydrogens (tertiary/aromatic N) is 3. The molecule has 0 bridgehead atoms. The van der Waals surface area contributed by atoms with Gasteiger partial charge in [0.05, 0.1) is 0 Å². The van der Waals surface area contributed by atoms with Gasteiger partial charge < -0.3 is 10.2 Å². The monoisotopic (exact) mass is 394 g/mol. The molecule has 0 saturated heterocycles. The summed E-state index contributed by atoms with van der Waals surface area (Å²) in [6, 6.07) is 19.1. The van der Waals surface area contributed by atoms with E-state index in [1.165, 1.54) is 5.56 Å². The lowest BCUT2D eigenvalue weighted by molar-refractivity contribution is 0.0983. The first-order valence-corrected chi connectivity index (χ1v) is 9.65. The molecular weight excluding hydrogens is 372 g/mol. The van der Waals surface area contributed by atoms with Gasteiger partial charge in [-0.3, -0.25) is 4.79 Å². The largest absolute Gasteiger partial charge is 0.354 e. The molecule has 0 spiro atoms. The van der Waals surface area contributed by atoms with E-state index in [0.29, 0.717) is 24.7 Å². The van der Waals surface area contributed by atoms with Gasteiger partial charge in [-0.1, -0.05) is 41.9 Å². The second-order valence-corrected chi connectivity index (χ2v) is 6.84. The lowest BCUT2D eigenvalue weighted by Gasteiger charge is -2.21. The van der Waals surface area contributed by atoms with E-state index in [-0.39, 0.29) is 5.91 Å². The SMILES string of the molecule is CCN(C(=O)c1cc(C)nc(NCCc2ccc(Cl)cc2)n1)c1ccccc1. The second-order valence-electron chi connectivity index (χ2n) is 6.41. The molecule has 0 aliphatic carbocycles. The van der Waals surface area contributed by atoms with Gasteiger partial charge in [-0.2, -0.15) is 0 Å². The van der Waals surface area contributed by atoms with Gasteiger partial charge in [-0.05, 0) is 56.2 Å².